The average molecular weight is 360 g/mol. The van der Waals surface area contributed by atoms with Crippen molar-refractivity contribution in [3.63, 3.8) is 0 Å². The zero-order chi connectivity index (χ0) is 5.86. The fraction of sp³-hybridized carbons (Fsp3) is 1.00. The largest absolute Gasteiger partial charge is 0.0764 e. The van der Waals surface area contributed by atoms with Gasteiger partial charge in [-0.1, -0.05) is 63.7 Å². The molecular weight excluding hydrogens is 356 g/mol. The van der Waals surface area contributed by atoms with Crippen molar-refractivity contribution in [2.24, 2.45) is 0 Å². The smallest absolute Gasteiger partial charge is 0.0716 e. The minimum atomic E-state index is 0.406. The van der Waals surface area contributed by atoms with Crippen molar-refractivity contribution in [3.8, 4) is 0 Å². The van der Waals surface area contributed by atoms with Gasteiger partial charge in [0, 0.05) is 0 Å². The van der Waals surface area contributed by atoms with Crippen LogP contribution in [-0.2, 0) is 0 Å². The molecule has 0 nitrogen and oxygen atoms in total. The molecule has 0 aromatic heterocycles. The third-order valence-electron chi connectivity index (χ3n) is 0.356. The Balaban J connectivity index is 2.95. The van der Waals surface area contributed by atoms with Crippen LogP contribution in [0.4, 0.5) is 0 Å². The first kappa shape index (κ1) is 8.92. The molecule has 0 amide bonds. The highest BCUT2D eigenvalue weighted by Crippen LogP contribution is 2.22. The Morgan fingerprint density at radius 2 is 1.14 bits per heavy atom. The zero-order valence-electron chi connectivity index (χ0n) is 3.37. The van der Waals surface area contributed by atoms with Crippen LogP contribution in [0.1, 0.15) is 6.42 Å². The van der Waals surface area contributed by atoms with Crippen LogP contribution >= 0.6 is 63.7 Å². The van der Waals surface area contributed by atoms with Gasteiger partial charge in [-0.05, 0) is 6.42 Å². The van der Waals surface area contributed by atoms with Gasteiger partial charge in [0.05, 0.1) is 7.47 Å². The minimum absolute atomic E-state index is 0.406. The van der Waals surface area contributed by atoms with Crippen LogP contribution in [0.15, 0.2) is 0 Å². The van der Waals surface area contributed by atoms with Gasteiger partial charge in [-0.15, -0.1) is 0 Å². The maximum atomic E-state index is 3.33. The van der Waals surface area contributed by atoms with Crippen molar-refractivity contribution < 1.29 is 0 Å². The molecule has 0 spiro atoms. The first-order chi connectivity index (χ1) is 3.13. The van der Waals surface area contributed by atoms with E-state index in [1.165, 1.54) is 0 Å². The summed E-state index contributed by atoms with van der Waals surface area (Å²) in [4.78, 5) is 0. The molecule has 0 aliphatic heterocycles. The molecule has 4 heteroatoms. The number of rotatable bonds is 2. The summed E-state index contributed by atoms with van der Waals surface area (Å²) in [5.74, 6) is 0. The summed E-state index contributed by atoms with van der Waals surface area (Å²) < 4.78 is 0.812. The van der Waals surface area contributed by atoms with Crippen molar-refractivity contribution >= 4 is 63.7 Å². The highest BCUT2D eigenvalue weighted by atomic mass is 79.9. The molecule has 44 valence electrons. The summed E-state index contributed by atoms with van der Waals surface area (Å²) in [5.41, 5.74) is 0. The molecule has 0 atom stereocenters. The molecule has 0 aliphatic rings. The van der Waals surface area contributed by atoms with E-state index in [2.05, 4.69) is 63.7 Å². The second-order valence-electron chi connectivity index (χ2n) is 1.02. The molecule has 0 heterocycles. The average Bonchev–Trinajstić information content (AvgIpc) is 1.27. The van der Waals surface area contributed by atoms with Gasteiger partial charge in [0.1, 0.15) is 0 Å². The molecule has 0 N–H and O–H groups in total. The predicted molar refractivity (Wildman–Crippen MR) is 47.9 cm³/mol. The molecule has 0 radical (unpaired) electrons. The highest BCUT2D eigenvalue weighted by Gasteiger charge is 2.02. The highest BCUT2D eigenvalue weighted by molar-refractivity contribution is 9.25. The van der Waals surface area contributed by atoms with Crippen LogP contribution in [0, 0.1) is 0 Å². The van der Waals surface area contributed by atoms with Gasteiger partial charge >= 0.3 is 0 Å². The Kier molecular flexibility index (Phi) is 6.07. The van der Waals surface area contributed by atoms with Gasteiger partial charge in [0.15, 0.2) is 0 Å². The third kappa shape index (κ3) is 7.92. The van der Waals surface area contributed by atoms with Crippen LogP contribution in [0.2, 0.25) is 0 Å². The van der Waals surface area contributed by atoms with Gasteiger partial charge in [-0.25, -0.2) is 0 Å². The van der Waals surface area contributed by atoms with Gasteiger partial charge in [-0.2, -0.15) is 0 Å². The molecule has 0 bridgehead atoms. The molecule has 0 rings (SSSR count). The number of hydrogen-bond acceptors (Lipinski definition) is 0. The van der Waals surface area contributed by atoms with E-state index in [1.54, 1.807) is 0 Å². The van der Waals surface area contributed by atoms with E-state index in [4.69, 9.17) is 0 Å². The van der Waals surface area contributed by atoms with Crippen LogP contribution in [0.25, 0.3) is 0 Å². The molecule has 0 unspecified atom stereocenters. The van der Waals surface area contributed by atoms with E-state index in [9.17, 15) is 0 Å². The van der Waals surface area contributed by atoms with Crippen LogP contribution in [0.5, 0.6) is 0 Å². The quantitative estimate of drug-likeness (QED) is 0.661. The van der Waals surface area contributed by atoms with E-state index in [0.29, 0.717) is 7.47 Å². The van der Waals surface area contributed by atoms with E-state index < -0.39 is 0 Å². The Labute approximate surface area is 76.9 Å². The SMILES string of the molecule is BrC(Br)CC(Br)Br. The van der Waals surface area contributed by atoms with Gasteiger partial charge in [-0.3, -0.25) is 0 Å². The summed E-state index contributed by atoms with van der Waals surface area (Å²) in [7, 11) is 0. The predicted octanol–water partition coefficient (Wildman–Crippen LogP) is 3.61. The Morgan fingerprint density at radius 1 is 0.857 bits per heavy atom. The lowest BCUT2D eigenvalue weighted by atomic mass is 10.6. The Hall–Kier alpha value is 1.92. The number of hydrogen-bond donors (Lipinski definition) is 0. The second-order valence-corrected chi connectivity index (χ2v) is 7.90. The standard InChI is InChI=1S/C3H4Br4/c4-2(5)1-3(6)7/h2-3H,1H2. The molecule has 0 saturated carbocycles. The van der Waals surface area contributed by atoms with Gasteiger partial charge in [0.2, 0.25) is 0 Å². The number of halogens is 4. The summed E-state index contributed by atoms with van der Waals surface area (Å²) in [5, 5.41) is 0. The van der Waals surface area contributed by atoms with Crippen molar-refractivity contribution in [1.82, 2.24) is 0 Å². The zero-order valence-corrected chi connectivity index (χ0v) is 9.72. The molecule has 0 fully saturated rings. The maximum Gasteiger partial charge on any atom is 0.0716 e. The van der Waals surface area contributed by atoms with Crippen molar-refractivity contribution in [2.45, 2.75) is 13.9 Å². The lowest BCUT2D eigenvalue weighted by molar-refractivity contribution is 1.08. The summed E-state index contributed by atoms with van der Waals surface area (Å²) in [6.45, 7) is 0. The topological polar surface area (TPSA) is 0 Å². The molecule has 7 heavy (non-hydrogen) atoms. The van der Waals surface area contributed by atoms with Crippen LogP contribution < -0.4 is 0 Å². The van der Waals surface area contributed by atoms with Crippen molar-refractivity contribution in [2.75, 3.05) is 0 Å². The van der Waals surface area contributed by atoms with Crippen LogP contribution in [-0.4, -0.2) is 7.47 Å². The molecule has 0 aromatic rings. The first-order valence-electron chi connectivity index (χ1n) is 1.69. The van der Waals surface area contributed by atoms with E-state index in [-0.39, 0.29) is 0 Å². The summed E-state index contributed by atoms with van der Waals surface area (Å²) in [6.07, 6.45) is 1.03. The maximum absolute atomic E-state index is 3.33. The fourth-order valence-electron chi connectivity index (χ4n) is 0.135. The van der Waals surface area contributed by atoms with Crippen molar-refractivity contribution in [3.05, 3.63) is 0 Å². The summed E-state index contributed by atoms with van der Waals surface area (Å²) >= 11 is 13.3. The Morgan fingerprint density at radius 3 is 1.14 bits per heavy atom. The van der Waals surface area contributed by atoms with Gasteiger partial charge in [0.25, 0.3) is 0 Å². The molecule has 0 aromatic carbocycles. The van der Waals surface area contributed by atoms with Crippen molar-refractivity contribution in [1.29, 1.82) is 0 Å². The monoisotopic (exact) mass is 356 g/mol. The minimum Gasteiger partial charge on any atom is -0.0764 e. The Bertz CT molecular complexity index is 36.2. The molecule has 0 saturated heterocycles. The van der Waals surface area contributed by atoms with E-state index in [0.717, 1.165) is 6.42 Å². The lowest BCUT2D eigenvalue weighted by Crippen LogP contribution is -1.91. The molecular formula is C3H4Br4. The fourth-order valence-corrected chi connectivity index (χ4v) is 3.64. The van der Waals surface area contributed by atoms with E-state index >= 15 is 0 Å². The number of alkyl halides is 4. The van der Waals surface area contributed by atoms with Gasteiger partial charge < -0.3 is 0 Å². The summed E-state index contributed by atoms with van der Waals surface area (Å²) in [6, 6.07) is 0. The van der Waals surface area contributed by atoms with Crippen LogP contribution in [0.3, 0.4) is 0 Å². The lowest BCUT2D eigenvalue weighted by Gasteiger charge is -1.99. The first-order valence-corrected chi connectivity index (χ1v) is 5.35. The van der Waals surface area contributed by atoms with E-state index in [1.807, 2.05) is 0 Å². The third-order valence-corrected chi connectivity index (χ3v) is 1.85. The second kappa shape index (κ2) is 4.77. The normalized spacial score (nSPS) is 11.1. The molecule has 0 aliphatic carbocycles.